The van der Waals surface area contributed by atoms with Crippen molar-refractivity contribution in [2.75, 3.05) is 26.7 Å². The molecule has 4 amide bonds. The summed E-state index contributed by atoms with van der Waals surface area (Å²) in [7, 11) is 1.49. The quantitative estimate of drug-likeness (QED) is 0.517. The average molecular weight is 395 g/mol. The van der Waals surface area contributed by atoms with Crippen molar-refractivity contribution < 1.29 is 23.9 Å². The van der Waals surface area contributed by atoms with Crippen molar-refractivity contribution in [3.63, 3.8) is 0 Å². The first-order chi connectivity index (χ1) is 14.0. The summed E-state index contributed by atoms with van der Waals surface area (Å²) in [6, 6.07) is 13.4. The molecular weight excluding hydrogens is 374 g/mol. The standard InChI is InChI=1S/C21H21N3O5/c1-29-17-9-5-4-8-16(17)19(26)23-12-11-22-18(25)10-13-24-20(27)14-6-2-3-7-15(14)21(24)28/h2-9H,10-13H2,1H3,(H,22,25)(H,23,26). The summed E-state index contributed by atoms with van der Waals surface area (Å²) in [5.74, 6) is -0.921. The molecule has 0 fully saturated rings. The minimum atomic E-state index is -0.387. The molecule has 2 aromatic rings. The first kappa shape index (κ1) is 20.1. The lowest BCUT2D eigenvalue weighted by atomic mass is 10.1. The summed E-state index contributed by atoms with van der Waals surface area (Å²) in [4.78, 5) is 49.8. The van der Waals surface area contributed by atoms with Gasteiger partial charge in [0.05, 0.1) is 23.8 Å². The van der Waals surface area contributed by atoms with Crippen molar-refractivity contribution in [3.05, 3.63) is 65.2 Å². The van der Waals surface area contributed by atoms with Crippen LogP contribution in [0.5, 0.6) is 5.75 Å². The average Bonchev–Trinajstić information content (AvgIpc) is 2.99. The molecule has 1 heterocycles. The Bertz CT molecular complexity index is 922. The van der Waals surface area contributed by atoms with Crippen molar-refractivity contribution in [1.82, 2.24) is 15.5 Å². The Morgan fingerprint density at radius 2 is 1.48 bits per heavy atom. The lowest BCUT2D eigenvalue weighted by Gasteiger charge is -2.13. The van der Waals surface area contributed by atoms with Gasteiger partial charge in [0.15, 0.2) is 0 Å². The highest BCUT2D eigenvalue weighted by atomic mass is 16.5. The van der Waals surface area contributed by atoms with E-state index in [0.29, 0.717) is 22.4 Å². The monoisotopic (exact) mass is 395 g/mol. The molecular formula is C21H21N3O5. The van der Waals surface area contributed by atoms with Gasteiger partial charge in [0.1, 0.15) is 5.75 Å². The van der Waals surface area contributed by atoms with Crippen LogP contribution < -0.4 is 15.4 Å². The van der Waals surface area contributed by atoms with Crippen LogP contribution in [0, 0.1) is 0 Å². The summed E-state index contributed by atoms with van der Waals surface area (Å²) in [5.41, 5.74) is 1.13. The molecule has 150 valence electrons. The number of amides is 4. The van der Waals surface area contributed by atoms with Gasteiger partial charge < -0.3 is 15.4 Å². The molecule has 3 rings (SSSR count). The van der Waals surface area contributed by atoms with Gasteiger partial charge in [-0.3, -0.25) is 24.1 Å². The van der Waals surface area contributed by atoms with E-state index in [2.05, 4.69) is 10.6 Å². The van der Waals surface area contributed by atoms with Crippen LogP contribution >= 0.6 is 0 Å². The molecule has 0 atom stereocenters. The van der Waals surface area contributed by atoms with Crippen LogP contribution in [0.4, 0.5) is 0 Å². The molecule has 8 heteroatoms. The van der Waals surface area contributed by atoms with Crippen LogP contribution in [-0.4, -0.2) is 55.3 Å². The zero-order valence-corrected chi connectivity index (χ0v) is 15.9. The summed E-state index contributed by atoms with van der Waals surface area (Å²) >= 11 is 0. The molecule has 0 aliphatic carbocycles. The fraction of sp³-hybridized carbons (Fsp3) is 0.238. The lowest BCUT2D eigenvalue weighted by Crippen LogP contribution is -2.37. The van der Waals surface area contributed by atoms with Crippen LogP contribution in [-0.2, 0) is 4.79 Å². The van der Waals surface area contributed by atoms with Crippen molar-refractivity contribution in [1.29, 1.82) is 0 Å². The molecule has 0 saturated carbocycles. The highest BCUT2D eigenvalue weighted by Crippen LogP contribution is 2.22. The van der Waals surface area contributed by atoms with E-state index in [1.807, 2.05) is 0 Å². The van der Waals surface area contributed by atoms with Crippen LogP contribution in [0.25, 0.3) is 0 Å². The van der Waals surface area contributed by atoms with Gasteiger partial charge in [-0.1, -0.05) is 24.3 Å². The van der Waals surface area contributed by atoms with Crippen molar-refractivity contribution in [3.8, 4) is 5.75 Å². The number of ether oxygens (including phenoxy) is 1. The molecule has 2 N–H and O–H groups in total. The number of carbonyl (C=O) groups excluding carboxylic acids is 4. The Labute approximate surface area is 167 Å². The predicted molar refractivity (Wildman–Crippen MR) is 105 cm³/mol. The SMILES string of the molecule is COc1ccccc1C(=O)NCCNC(=O)CCN1C(=O)c2ccccc2C1=O. The molecule has 0 aromatic heterocycles. The lowest BCUT2D eigenvalue weighted by molar-refractivity contribution is -0.121. The van der Waals surface area contributed by atoms with E-state index < -0.39 is 0 Å². The van der Waals surface area contributed by atoms with Gasteiger partial charge >= 0.3 is 0 Å². The Balaban J connectivity index is 1.40. The highest BCUT2D eigenvalue weighted by Gasteiger charge is 2.34. The zero-order chi connectivity index (χ0) is 20.8. The molecule has 8 nitrogen and oxygen atoms in total. The summed E-state index contributed by atoms with van der Waals surface area (Å²) in [5, 5.41) is 5.36. The van der Waals surface area contributed by atoms with Crippen LogP contribution in [0.2, 0.25) is 0 Å². The summed E-state index contributed by atoms with van der Waals surface area (Å²) in [6.07, 6.45) is -0.00801. The number of imide groups is 1. The van der Waals surface area contributed by atoms with Crippen molar-refractivity contribution in [2.45, 2.75) is 6.42 Å². The molecule has 0 radical (unpaired) electrons. The molecule has 0 unspecified atom stereocenters. The zero-order valence-electron chi connectivity index (χ0n) is 15.9. The number of para-hydroxylation sites is 1. The second kappa shape index (κ2) is 9.01. The highest BCUT2D eigenvalue weighted by molar-refractivity contribution is 6.21. The molecule has 0 spiro atoms. The molecule has 29 heavy (non-hydrogen) atoms. The molecule has 0 bridgehead atoms. The number of benzene rings is 2. The molecule has 2 aromatic carbocycles. The van der Waals surface area contributed by atoms with Gasteiger partial charge in [-0.2, -0.15) is 0 Å². The van der Waals surface area contributed by atoms with Crippen LogP contribution in [0.15, 0.2) is 48.5 Å². The maximum Gasteiger partial charge on any atom is 0.261 e. The third-order valence-electron chi connectivity index (χ3n) is 4.52. The smallest absolute Gasteiger partial charge is 0.261 e. The van der Waals surface area contributed by atoms with Gasteiger partial charge in [0.25, 0.3) is 17.7 Å². The molecule has 1 aliphatic heterocycles. The molecule has 0 saturated heterocycles. The maximum absolute atomic E-state index is 12.3. The second-order valence-corrected chi connectivity index (χ2v) is 6.36. The van der Waals surface area contributed by atoms with Crippen LogP contribution in [0.3, 0.4) is 0 Å². The number of nitrogens with zero attached hydrogens (tertiary/aromatic N) is 1. The minimum absolute atomic E-state index is 0.00571. The van der Waals surface area contributed by atoms with Crippen LogP contribution in [0.1, 0.15) is 37.5 Å². The summed E-state index contributed by atoms with van der Waals surface area (Å²) in [6.45, 7) is 0.462. The van der Waals surface area contributed by atoms with Crippen molar-refractivity contribution in [2.24, 2.45) is 0 Å². The number of hydrogen-bond donors (Lipinski definition) is 2. The minimum Gasteiger partial charge on any atom is -0.496 e. The first-order valence-corrected chi connectivity index (χ1v) is 9.16. The first-order valence-electron chi connectivity index (χ1n) is 9.16. The van der Waals surface area contributed by atoms with Gasteiger partial charge in [0.2, 0.25) is 5.91 Å². The van der Waals surface area contributed by atoms with Gasteiger partial charge in [-0.15, -0.1) is 0 Å². The van der Waals surface area contributed by atoms with Gasteiger partial charge in [0, 0.05) is 26.1 Å². The Hall–Kier alpha value is -3.68. The number of carbonyl (C=O) groups is 4. The number of hydrogen-bond acceptors (Lipinski definition) is 5. The third-order valence-corrected chi connectivity index (χ3v) is 4.52. The summed E-state index contributed by atoms with van der Waals surface area (Å²) < 4.78 is 5.14. The van der Waals surface area contributed by atoms with Crippen molar-refractivity contribution >= 4 is 23.6 Å². The number of methoxy groups -OCH3 is 1. The largest absolute Gasteiger partial charge is 0.496 e. The van der Waals surface area contributed by atoms with E-state index in [-0.39, 0.29) is 49.7 Å². The maximum atomic E-state index is 12.3. The predicted octanol–water partition coefficient (Wildman–Crippen LogP) is 1.23. The van der Waals surface area contributed by atoms with E-state index >= 15 is 0 Å². The Morgan fingerprint density at radius 1 is 0.897 bits per heavy atom. The Morgan fingerprint density at radius 3 is 2.14 bits per heavy atom. The van der Waals surface area contributed by atoms with E-state index in [4.69, 9.17) is 4.74 Å². The van der Waals surface area contributed by atoms with Gasteiger partial charge in [-0.05, 0) is 24.3 Å². The normalized spacial score (nSPS) is 12.5. The van der Waals surface area contributed by atoms with E-state index in [0.717, 1.165) is 4.90 Å². The fourth-order valence-electron chi connectivity index (χ4n) is 3.05. The third kappa shape index (κ3) is 4.43. The second-order valence-electron chi connectivity index (χ2n) is 6.36. The number of fused-ring (bicyclic) bond motifs is 1. The topological polar surface area (TPSA) is 105 Å². The number of rotatable bonds is 8. The molecule has 1 aliphatic rings. The fourth-order valence-corrected chi connectivity index (χ4v) is 3.05. The van der Waals surface area contributed by atoms with E-state index in [9.17, 15) is 19.2 Å². The number of nitrogens with one attached hydrogen (secondary N) is 2. The van der Waals surface area contributed by atoms with Gasteiger partial charge in [-0.25, -0.2) is 0 Å². The van der Waals surface area contributed by atoms with E-state index in [1.54, 1.807) is 48.5 Å². The Kier molecular flexibility index (Phi) is 6.23. The van der Waals surface area contributed by atoms with E-state index in [1.165, 1.54) is 7.11 Å².